The summed E-state index contributed by atoms with van der Waals surface area (Å²) >= 11 is 0. The van der Waals surface area contributed by atoms with E-state index in [9.17, 15) is 0 Å². The Labute approximate surface area is 103 Å². The molecule has 86 valence electrons. The van der Waals surface area contributed by atoms with Gasteiger partial charge in [0, 0.05) is 13.1 Å². The lowest BCUT2D eigenvalue weighted by molar-refractivity contribution is 0.325. The minimum Gasteiger partial charge on any atom is -0.299 e. The van der Waals surface area contributed by atoms with Gasteiger partial charge in [-0.3, -0.25) is 4.90 Å². The quantitative estimate of drug-likeness (QED) is 0.754. The summed E-state index contributed by atoms with van der Waals surface area (Å²) in [5, 5.41) is 2.70. The summed E-state index contributed by atoms with van der Waals surface area (Å²) in [6, 6.07) is 15.1. The Kier molecular flexibility index (Phi) is 2.86. The van der Waals surface area contributed by atoms with Crippen LogP contribution in [0.15, 0.2) is 42.5 Å². The minimum absolute atomic E-state index is 0.366. The molecule has 0 saturated carbocycles. The van der Waals surface area contributed by atoms with E-state index in [2.05, 4.69) is 47.4 Å². The Morgan fingerprint density at radius 1 is 1.12 bits per heavy atom. The van der Waals surface area contributed by atoms with Crippen molar-refractivity contribution in [2.75, 3.05) is 13.1 Å². The number of rotatable bonds is 2. The first-order chi connectivity index (χ1) is 8.33. The normalized spacial score (nSPS) is 21.1. The van der Waals surface area contributed by atoms with Gasteiger partial charge >= 0.3 is 0 Å². The van der Waals surface area contributed by atoms with Crippen molar-refractivity contribution in [3.63, 3.8) is 0 Å². The average Bonchev–Trinajstić information content (AvgIpc) is 2.75. The van der Waals surface area contributed by atoms with E-state index in [1.54, 1.807) is 0 Å². The van der Waals surface area contributed by atoms with Crippen molar-refractivity contribution >= 4 is 10.8 Å². The van der Waals surface area contributed by atoms with Crippen molar-refractivity contribution in [1.29, 1.82) is 0 Å². The second kappa shape index (κ2) is 4.50. The van der Waals surface area contributed by atoms with Crippen molar-refractivity contribution in [3.8, 4) is 0 Å². The van der Waals surface area contributed by atoms with Gasteiger partial charge in [0.05, 0.1) is 0 Å². The van der Waals surface area contributed by atoms with Gasteiger partial charge in [-0.1, -0.05) is 42.5 Å². The Balaban J connectivity index is 1.90. The van der Waals surface area contributed by atoms with Gasteiger partial charge in [0.2, 0.25) is 0 Å². The maximum absolute atomic E-state index is 5.95. The van der Waals surface area contributed by atoms with Crippen LogP contribution in [0.3, 0.4) is 0 Å². The van der Waals surface area contributed by atoms with Crippen molar-refractivity contribution in [2.45, 2.75) is 13.0 Å². The fourth-order valence-corrected chi connectivity index (χ4v) is 2.68. The first kappa shape index (κ1) is 10.8. The maximum Gasteiger partial charge on any atom is 0.0240 e. The van der Waals surface area contributed by atoms with Gasteiger partial charge in [-0.05, 0) is 42.1 Å². The van der Waals surface area contributed by atoms with E-state index in [0.29, 0.717) is 5.92 Å². The van der Waals surface area contributed by atoms with Gasteiger partial charge in [0.15, 0.2) is 0 Å². The van der Waals surface area contributed by atoms with E-state index in [1.807, 2.05) is 0 Å². The number of likely N-dealkylation sites (tertiary alicyclic amines) is 1. The molecule has 1 fully saturated rings. The molecule has 1 saturated heterocycles. The van der Waals surface area contributed by atoms with E-state index >= 15 is 0 Å². The van der Waals surface area contributed by atoms with E-state index in [0.717, 1.165) is 26.1 Å². The SMILES string of the molecule is [CH]C1CCN(Cc2cccc3ccccc23)C1. The highest BCUT2D eigenvalue weighted by molar-refractivity contribution is 5.85. The smallest absolute Gasteiger partial charge is 0.0240 e. The third kappa shape index (κ3) is 2.20. The molecule has 3 rings (SSSR count). The average molecular weight is 223 g/mol. The minimum atomic E-state index is 0.366. The van der Waals surface area contributed by atoms with E-state index in [-0.39, 0.29) is 0 Å². The number of fused-ring (bicyclic) bond motifs is 1. The molecule has 2 aromatic carbocycles. The molecule has 0 amide bonds. The zero-order chi connectivity index (χ0) is 11.7. The fourth-order valence-electron chi connectivity index (χ4n) is 2.68. The molecule has 0 aromatic heterocycles. The lowest BCUT2D eigenvalue weighted by Crippen LogP contribution is -2.19. The van der Waals surface area contributed by atoms with Crippen LogP contribution in [0, 0.1) is 12.8 Å². The molecule has 2 radical (unpaired) electrons. The van der Waals surface area contributed by atoms with Crippen LogP contribution in [-0.2, 0) is 6.54 Å². The van der Waals surface area contributed by atoms with Crippen molar-refractivity contribution in [2.24, 2.45) is 5.92 Å². The highest BCUT2D eigenvalue weighted by atomic mass is 15.1. The Bertz CT molecular complexity index is 512. The van der Waals surface area contributed by atoms with Crippen LogP contribution in [0.1, 0.15) is 12.0 Å². The van der Waals surface area contributed by atoms with Gasteiger partial charge in [0.25, 0.3) is 0 Å². The molecule has 2 aromatic rings. The largest absolute Gasteiger partial charge is 0.299 e. The molecule has 1 nitrogen and oxygen atoms in total. The molecule has 0 N–H and O–H groups in total. The first-order valence-electron chi connectivity index (χ1n) is 6.27. The Morgan fingerprint density at radius 3 is 2.76 bits per heavy atom. The lowest BCUT2D eigenvalue weighted by atomic mass is 10.0. The number of nitrogens with zero attached hydrogens (tertiary/aromatic N) is 1. The Hall–Kier alpha value is -1.34. The van der Waals surface area contributed by atoms with Gasteiger partial charge < -0.3 is 0 Å². The molecule has 17 heavy (non-hydrogen) atoms. The second-order valence-corrected chi connectivity index (χ2v) is 4.92. The summed E-state index contributed by atoms with van der Waals surface area (Å²) in [4.78, 5) is 2.45. The monoisotopic (exact) mass is 223 g/mol. The molecule has 1 aliphatic heterocycles. The van der Waals surface area contributed by atoms with Crippen LogP contribution in [0.4, 0.5) is 0 Å². The number of benzene rings is 2. The molecule has 0 spiro atoms. The van der Waals surface area contributed by atoms with Crippen LogP contribution < -0.4 is 0 Å². The van der Waals surface area contributed by atoms with Gasteiger partial charge in [-0.15, -0.1) is 0 Å². The van der Waals surface area contributed by atoms with Crippen LogP contribution in [-0.4, -0.2) is 18.0 Å². The summed E-state index contributed by atoms with van der Waals surface area (Å²) in [6.07, 6.45) is 1.13. The van der Waals surface area contributed by atoms with Crippen molar-refractivity contribution in [1.82, 2.24) is 4.90 Å². The third-order valence-corrected chi connectivity index (χ3v) is 3.58. The standard InChI is InChI=1S/C16H17N/c1-13-9-10-17(11-13)12-15-7-4-6-14-5-2-3-8-16(14)15/h1-8,13H,9-12H2. The second-order valence-electron chi connectivity index (χ2n) is 4.92. The summed E-state index contributed by atoms with van der Waals surface area (Å²) in [6.45, 7) is 9.13. The zero-order valence-corrected chi connectivity index (χ0v) is 9.97. The molecule has 1 atom stereocenters. The zero-order valence-electron chi connectivity index (χ0n) is 9.97. The number of hydrogen-bond acceptors (Lipinski definition) is 1. The molecule has 1 aliphatic rings. The topological polar surface area (TPSA) is 3.24 Å². The molecular weight excluding hydrogens is 206 g/mol. The molecule has 0 aliphatic carbocycles. The lowest BCUT2D eigenvalue weighted by Gasteiger charge is -2.16. The van der Waals surface area contributed by atoms with Gasteiger partial charge in [0.1, 0.15) is 0 Å². The van der Waals surface area contributed by atoms with Crippen LogP contribution in [0.2, 0.25) is 0 Å². The highest BCUT2D eigenvalue weighted by Gasteiger charge is 2.19. The van der Waals surface area contributed by atoms with Crippen molar-refractivity contribution in [3.05, 3.63) is 55.0 Å². The highest BCUT2D eigenvalue weighted by Crippen LogP contribution is 2.23. The molecule has 0 bridgehead atoms. The summed E-state index contributed by atoms with van der Waals surface area (Å²) in [5.74, 6) is 0.366. The molecular formula is C16H17N. The molecule has 1 unspecified atom stereocenters. The fraction of sp³-hybridized carbons (Fsp3) is 0.312. The summed E-state index contributed by atoms with van der Waals surface area (Å²) < 4.78 is 0. The predicted molar refractivity (Wildman–Crippen MR) is 71.6 cm³/mol. The number of hydrogen-bond donors (Lipinski definition) is 0. The van der Waals surface area contributed by atoms with Crippen LogP contribution >= 0.6 is 0 Å². The van der Waals surface area contributed by atoms with E-state index < -0.39 is 0 Å². The summed E-state index contributed by atoms with van der Waals surface area (Å²) in [5.41, 5.74) is 1.41. The van der Waals surface area contributed by atoms with Crippen molar-refractivity contribution < 1.29 is 0 Å². The van der Waals surface area contributed by atoms with Gasteiger partial charge in [-0.2, -0.15) is 0 Å². The third-order valence-electron chi connectivity index (χ3n) is 3.58. The van der Waals surface area contributed by atoms with Gasteiger partial charge in [-0.25, -0.2) is 0 Å². The molecule has 1 heteroatoms. The summed E-state index contributed by atoms with van der Waals surface area (Å²) in [7, 11) is 0. The maximum atomic E-state index is 5.95. The first-order valence-corrected chi connectivity index (χ1v) is 6.27. The van der Waals surface area contributed by atoms with E-state index in [1.165, 1.54) is 16.3 Å². The molecule has 1 heterocycles. The Morgan fingerprint density at radius 2 is 1.94 bits per heavy atom. The van der Waals surface area contributed by atoms with Crippen LogP contribution in [0.5, 0.6) is 0 Å². The predicted octanol–water partition coefficient (Wildman–Crippen LogP) is 3.37. The van der Waals surface area contributed by atoms with Crippen LogP contribution in [0.25, 0.3) is 10.8 Å². The van der Waals surface area contributed by atoms with E-state index in [4.69, 9.17) is 6.92 Å².